The van der Waals surface area contributed by atoms with Crippen molar-refractivity contribution in [3.63, 3.8) is 0 Å². The molecule has 7 aromatic rings. The SMILES string of the molecule is O.[Al+3].[OH-].c1ccc2c(c1)-c1nc-2nc2[nH]c(nc3nc(nc4[nH]c(n1)c1ccccc41)-c1ccccc1-3)c1ccccc21. The van der Waals surface area contributed by atoms with Gasteiger partial charge in [-0.15, -0.1) is 0 Å². The molecular weight excluding hydrogens is 555 g/mol. The average molecular weight is 577 g/mol. The second-order valence-electron chi connectivity index (χ2n) is 9.79. The van der Waals surface area contributed by atoms with E-state index in [0.717, 1.165) is 43.8 Å². The third-order valence-corrected chi connectivity index (χ3v) is 7.46. The topological polar surface area (TPSA) is 170 Å². The Hall–Kier alpha value is -5.31. The molecule has 9 rings (SSSR count). The Labute approximate surface area is 254 Å². The molecule has 202 valence electrons. The van der Waals surface area contributed by atoms with Crippen molar-refractivity contribution in [2.24, 2.45) is 0 Å². The standard InChI is InChI=1S/C32H18N8.Al.2H2O/c1-2-10-18-17(9-1)25-33-26(18)38-28-21-13-5-6-14-22(21)30(35-28)40-32-24-16-8-7-15-23(24)31(36-32)39-29-20-12-4-3-11-19(20)27(34-29)37-25;;;/h1-16H,(H2,33,34,35,36,37,38,39,40);;2*1H2/q;+3;;/p-1. The molecule has 0 spiro atoms. The molecule has 3 aromatic heterocycles. The number of aromatic amines is 2. The van der Waals surface area contributed by atoms with Crippen molar-refractivity contribution < 1.29 is 11.0 Å². The molecule has 5 heterocycles. The van der Waals surface area contributed by atoms with Gasteiger partial charge in [0.15, 0.2) is 23.3 Å². The number of benzene rings is 4. The van der Waals surface area contributed by atoms with Gasteiger partial charge in [0.05, 0.1) is 0 Å². The molecule has 10 nitrogen and oxygen atoms in total. The quantitative estimate of drug-likeness (QED) is 0.225. The zero-order chi connectivity index (χ0) is 26.2. The van der Waals surface area contributed by atoms with Gasteiger partial charge in [-0.05, 0) is 0 Å². The van der Waals surface area contributed by atoms with Gasteiger partial charge in [-0.25, -0.2) is 29.9 Å². The Bertz CT molecular complexity index is 2050. The zero-order valence-electron chi connectivity index (χ0n) is 22.4. The van der Waals surface area contributed by atoms with Gasteiger partial charge in [-0.1, -0.05) is 97.1 Å². The van der Waals surface area contributed by atoms with Gasteiger partial charge < -0.3 is 20.9 Å². The van der Waals surface area contributed by atoms with Crippen LogP contribution in [-0.2, 0) is 0 Å². The predicted octanol–water partition coefficient (Wildman–Crippen LogP) is 5.49. The molecule has 0 saturated heterocycles. The first-order valence-corrected chi connectivity index (χ1v) is 13.0. The van der Waals surface area contributed by atoms with E-state index >= 15 is 0 Å². The molecule has 0 radical (unpaired) electrons. The van der Waals surface area contributed by atoms with Crippen LogP contribution in [0.15, 0.2) is 97.1 Å². The fourth-order valence-corrected chi connectivity index (χ4v) is 5.59. The third-order valence-electron chi connectivity index (χ3n) is 7.46. The van der Waals surface area contributed by atoms with E-state index in [1.54, 1.807) is 0 Å². The van der Waals surface area contributed by atoms with Crippen LogP contribution in [-0.4, -0.2) is 68.2 Å². The number of hydrogen-bond acceptors (Lipinski definition) is 7. The van der Waals surface area contributed by atoms with Gasteiger partial charge in [0.1, 0.15) is 22.6 Å². The van der Waals surface area contributed by atoms with E-state index in [-0.39, 0.29) is 28.3 Å². The molecule has 0 fully saturated rings. The number of nitrogens with zero attached hydrogens (tertiary/aromatic N) is 6. The van der Waals surface area contributed by atoms with Crippen molar-refractivity contribution in [1.82, 2.24) is 39.9 Å². The first-order valence-electron chi connectivity index (χ1n) is 13.0. The number of nitrogens with one attached hydrogen (secondary N) is 2. The molecule has 8 bridgehead atoms. The van der Waals surface area contributed by atoms with Gasteiger partial charge in [-0.2, -0.15) is 0 Å². The Kier molecular flexibility index (Phi) is 6.80. The van der Waals surface area contributed by atoms with Crippen LogP contribution in [0.1, 0.15) is 0 Å². The molecule has 5 N–H and O–H groups in total. The van der Waals surface area contributed by atoms with Crippen molar-refractivity contribution in [1.29, 1.82) is 0 Å². The summed E-state index contributed by atoms with van der Waals surface area (Å²) in [6.07, 6.45) is 0. The molecule has 4 aromatic carbocycles. The summed E-state index contributed by atoms with van der Waals surface area (Å²) in [5, 5.41) is 3.82. The first kappa shape index (κ1) is 27.8. The predicted molar refractivity (Wildman–Crippen MR) is 167 cm³/mol. The Balaban J connectivity index is 0.00000110. The Morgan fingerprint density at radius 1 is 0.349 bits per heavy atom. The summed E-state index contributed by atoms with van der Waals surface area (Å²) in [6, 6.07) is 32.2. The van der Waals surface area contributed by atoms with Gasteiger partial charge in [0.25, 0.3) is 0 Å². The van der Waals surface area contributed by atoms with Crippen LogP contribution in [0.5, 0.6) is 0 Å². The van der Waals surface area contributed by atoms with Crippen LogP contribution in [0.2, 0.25) is 0 Å². The molecule has 0 atom stereocenters. The maximum absolute atomic E-state index is 5.02. The van der Waals surface area contributed by atoms with Crippen molar-refractivity contribution in [2.75, 3.05) is 0 Å². The van der Waals surface area contributed by atoms with E-state index in [1.165, 1.54) is 0 Å². The number of aromatic nitrogens is 8. The van der Waals surface area contributed by atoms with Gasteiger partial charge in [0.2, 0.25) is 0 Å². The summed E-state index contributed by atoms with van der Waals surface area (Å²) >= 11 is 0. The molecule has 0 amide bonds. The number of hydrogen-bond donors (Lipinski definition) is 2. The largest absolute Gasteiger partial charge is 3.00 e. The Morgan fingerprint density at radius 2 is 0.581 bits per heavy atom. The summed E-state index contributed by atoms with van der Waals surface area (Å²) < 4.78 is 0. The van der Waals surface area contributed by atoms with E-state index in [1.807, 2.05) is 97.1 Å². The Morgan fingerprint density at radius 3 is 0.837 bits per heavy atom. The van der Waals surface area contributed by atoms with Crippen molar-refractivity contribution >= 4 is 61.5 Å². The van der Waals surface area contributed by atoms with Crippen molar-refractivity contribution in [3.05, 3.63) is 97.1 Å². The van der Waals surface area contributed by atoms with Gasteiger partial charge in [0, 0.05) is 43.8 Å². The maximum Gasteiger partial charge on any atom is 3.00 e. The molecule has 11 heteroatoms. The van der Waals surface area contributed by atoms with Gasteiger partial charge >= 0.3 is 17.4 Å². The molecule has 43 heavy (non-hydrogen) atoms. The van der Waals surface area contributed by atoms with Crippen LogP contribution < -0.4 is 0 Å². The molecule has 2 aliphatic heterocycles. The number of fused-ring (bicyclic) bond motifs is 20. The van der Waals surface area contributed by atoms with Gasteiger partial charge in [-0.3, -0.25) is 0 Å². The third kappa shape index (κ3) is 4.19. The van der Waals surface area contributed by atoms with Crippen molar-refractivity contribution in [2.45, 2.75) is 0 Å². The minimum absolute atomic E-state index is 0. The summed E-state index contributed by atoms with van der Waals surface area (Å²) in [7, 11) is 0. The second kappa shape index (κ2) is 10.5. The van der Waals surface area contributed by atoms with E-state index in [0.29, 0.717) is 45.9 Å². The number of H-pyrrole nitrogens is 2. The zero-order valence-corrected chi connectivity index (χ0v) is 23.6. The van der Waals surface area contributed by atoms with E-state index in [9.17, 15) is 0 Å². The van der Waals surface area contributed by atoms with Crippen LogP contribution in [0.25, 0.3) is 89.7 Å². The van der Waals surface area contributed by atoms with E-state index in [4.69, 9.17) is 29.9 Å². The van der Waals surface area contributed by atoms with Crippen LogP contribution in [0.4, 0.5) is 0 Å². The van der Waals surface area contributed by atoms with E-state index in [2.05, 4.69) is 9.97 Å². The van der Waals surface area contributed by atoms with Crippen LogP contribution >= 0.6 is 0 Å². The first-order chi connectivity index (χ1) is 19.8. The summed E-state index contributed by atoms with van der Waals surface area (Å²) in [5.74, 6) is 2.39. The minimum Gasteiger partial charge on any atom is -0.870 e. The maximum atomic E-state index is 5.02. The normalized spacial score (nSPS) is 11.2. The average Bonchev–Trinajstić information content (AvgIpc) is 3.73. The number of rotatable bonds is 0. The van der Waals surface area contributed by atoms with Crippen LogP contribution in [0, 0.1) is 0 Å². The minimum atomic E-state index is 0. The van der Waals surface area contributed by atoms with Crippen molar-refractivity contribution in [3.8, 4) is 45.6 Å². The monoisotopic (exact) mass is 576 g/mol. The summed E-state index contributed by atoms with van der Waals surface area (Å²) in [5.41, 5.74) is 6.45. The van der Waals surface area contributed by atoms with Crippen LogP contribution in [0.3, 0.4) is 0 Å². The molecule has 0 aliphatic carbocycles. The van der Waals surface area contributed by atoms with E-state index < -0.39 is 0 Å². The summed E-state index contributed by atoms with van der Waals surface area (Å²) in [6.45, 7) is 0. The molecule has 0 unspecified atom stereocenters. The smallest absolute Gasteiger partial charge is 0.870 e. The fourth-order valence-electron chi connectivity index (χ4n) is 5.59. The molecule has 2 aliphatic rings. The summed E-state index contributed by atoms with van der Waals surface area (Å²) in [4.78, 5) is 36.8. The molecule has 0 saturated carbocycles. The second-order valence-corrected chi connectivity index (χ2v) is 9.79. The fraction of sp³-hybridized carbons (Fsp3) is 0. The molecular formula is C32H21AlN8O2+2.